The minimum atomic E-state index is -0.369. The summed E-state index contributed by atoms with van der Waals surface area (Å²) in [5.74, 6) is 0.0502. The highest BCUT2D eigenvalue weighted by atomic mass is 16.5. The third-order valence-electron chi connectivity index (χ3n) is 5.07. The van der Waals surface area contributed by atoms with Gasteiger partial charge in [-0.1, -0.05) is 12.8 Å². The van der Waals surface area contributed by atoms with Gasteiger partial charge in [0.25, 0.3) is 5.91 Å². The highest BCUT2D eigenvalue weighted by Crippen LogP contribution is 2.31. The molecular formula is C18H29N3O3. The van der Waals surface area contributed by atoms with Crippen LogP contribution < -0.4 is 0 Å². The van der Waals surface area contributed by atoms with Crippen molar-refractivity contribution in [2.24, 2.45) is 0 Å². The molecule has 0 radical (unpaired) electrons. The number of methoxy groups -OCH3 is 1. The second-order valence-corrected chi connectivity index (χ2v) is 7.67. The van der Waals surface area contributed by atoms with Gasteiger partial charge in [-0.05, 0) is 33.6 Å². The van der Waals surface area contributed by atoms with Gasteiger partial charge in [0, 0.05) is 25.9 Å². The summed E-state index contributed by atoms with van der Waals surface area (Å²) in [5.41, 5.74) is 1.34. The molecule has 6 heteroatoms. The summed E-state index contributed by atoms with van der Waals surface area (Å²) >= 11 is 0. The van der Waals surface area contributed by atoms with Crippen LogP contribution in [0.2, 0.25) is 0 Å². The largest absolute Gasteiger partial charge is 0.382 e. The van der Waals surface area contributed by atoms with Crippen LogP contribution in [0.3, 0.4) is 0 Å². The molecule has 1 saturated carbocycles. The van der Waals surface area contributed by atoms with Crippen molar-refractivity contribution >= 4 is 5.91 Å². The Labute approximate surface area is 144 Å². The van der Waals surface area contributed by atoms with Crippen molar-refractivity contribution in [1.29, 1.82) is 0 Å². The lowest BCUT2D eigenvalue weighted by Gasteiger charge is -2.42. The van der Waals surface area contributed by atoms with E-state index in [0.29, 0.717) is 25.7 Å². The summed E-state index contributed by atoms with van der Waals surface area (Å²) in [6.45, 7) is 7.68. The molecule has 0 N–H and O–H groups in total. The predicted octanol–water partition coefficient (Wildman–Crippen LogP) is 2.57. The molecule has 0 unspecified atom stereocenters. The van der Waals surface area contributed by atoms with E-state index in [-0.39, 0.29) is 17.6 Å². The maximum absolute atomic E-state index is 13.1. The van der Waals surface area contributed by atoms with Crippen LogP contribution in [-0.4, -0.2) is 59.1 Å². The minimum absolute atomic E-state index is 0.0502. The van der Waals surface area contributed by atoms with Gasteiger partial charge in [0.2, 0.25) is 0 Å². The van der Waals surface area contributed by atoms with Gasteiger partial charge in [0.15, 0.2) is 0 Å². The lowest BCUT2D eigenvalue weighted by molar-refractivity contribution is -0.143. The average molecular weight is 335 g/mol. The number of morpholine rings is 1. The van der Waals surface area contributed by atoms with Crippen molar-refractivity contribution in [3.05, 3.63) is 17.5 Å². The Morgan fingerprint density at radius 2 is 2.12 bits per heavy atom. The molecule has 24 heavy (non-hydrogen) atoms. The number of amides is 1. The van der Waals surface area contributed by atoms with E-state index in [4.69, 9.17) is 9.47 Å². The van der Waals surface area contributed by atoms with Gasteiger partial charge in [0.1, 0.15) is 0 Å². The lowest BCUT2D eigenvalue weighted by atomic mass is 10.0. The molecule has 0 spiro atoms. The fraction of sp³-hybridized carbons (Fsp3) is 0.778. The first kappa shape index (κ1) is 17.4. The van der Waals surface area contributed by atoms with Crippen LogP contribution in [-0.2, 0) is 9.47 Å². The molecule has 3 rings (SSSR count). The number of carbonyl (C=O) groups excluding carboxylic acids is 1. The Hall–Kier alpha value is -1.40. The van der Waals surface area contributed by atoms with Crippen molar-refractivity contribution in [2.75, 3.05) is 26.8 Å². The van der Waals surface area contributed by atoms with Crippen LogP contribution in [0, 0.1) is 6.92 Å². The van der Waals surface area contributed by atoms with Crippen LogP contribution >= 0.6 is 0 Å². The van der Waals surface area contributed by atoms with Crippen molar-refractivity contribution in [3.63, 3.8) is 0 Å². The van der Waals surface area contributed by atoms with E-state index in [1.54, 1.807) is 13.3 Å². The van der Waals surface area contributed by atoms with Crippen LogP contribution in [0.15, 0.2) is 6.20 Å². The second kappa shape index (κ2) is 6.84. The smallest absolute Gasteiger partial charge is 0.257 e. The zero-order chi connectivity index (χ0) is 17.3. The molecule has 1 aliphatic carbocycles. The van der Waals surface area contributed by atoms with Gasteiger partial charge >= 0.3 is 0 Å². The van der Waals surface area contributed by atoms with Crippen LogP contribution in [0.25, 0.3) is 0 Å². The highest BCUT2D eigenvalue weighted by Gasteiger charge is 2.37. The summed E-state index contributed by atoms with van der Waals surface area (Å²) in [7, 11) is 1.66. The van der Waals surface area contributed by atoms with E-state index in [2.05, 4.69) is 9.78 Å². The van der Waals surface area contributed by atoms with Gasteiger partial charge in [0.05, 0.1) is 36.1 Å². The summed E-state index contributed by atoms with van der Waals surface area (Å²) in [6, 6.07) is 0.453. The van der Waals surface area contributed by atoms with E-state index in [1.165, 1.54) is 12.8 Å². The lowest BCUT2D eigenvalue weighted by Crippen LogP contribution is -2.55. The summed E-state index contributed by atoms with van der Waals surface area (Å²) in [5, 5.41) is 4.52. The molecular weight excluding hydrogens is 306 g/mol. The number of hydrogen-bond donors (Lipinski definition) is 0. The average Bonchev–Trinajstić information content (AvgIpc) is 3.14. The van der Waals surface area contributed by atoms with Crippen molar-refractivity contribution in [2.45, 2.75) is 64.2 Å². The third kappa shape index (κ3) is 3.49. The number of carbonyl (C=O) groups is 1. The van der Waals surface area contributed by atoms with Crippen LogP contribution in [0.4, 0.5) is 0 Å². The minimum Gasteiger partial charge on any atom is -0.382 e. The van der Waals surface area contributed by atoms with Crippen molar-refractivity contribution in [1.82, 2.24) is 14.7 Å². The normalized spacial score (nSPS) is 24.5. The van der Waals surface area contributed by atoms with Crippen LogP contribution in [0.5, 0.6) is 0 Å². The summed E-state index contributed by atoms with van der Waals surface area (Å²) in [4.78, 5) is 14.9. The first-order chi connectivity index (χ1) is 11.4. The predicted molar refractivity (Wildman–Crippen MR) is 91.2 cm³/mol. The molecule has 1 saturated heterocycles. The first-order valence-electron chi connectivity index (χ1n) is 8.91. The molecule has 1 atom stereocenters. The number of hydrogen-bond acceptors (Lipinski definition) is 4. The van der Waals surface area contributed by atoms with E-state index in [0.717, 1.165) is 24.1 Å². The van der Waals surface area contributed by atoms with E-state index in [1.807, 2.05) is 25.7 Å². The van der Waals surface area contributed by atoms with Gasteiger partial charge < -0.3 is 14.4 Å². The van der Waals surface area contributed by atoms with Crippen molar-refractivity contribution < 1.29 is 14.3 Å². The van der Waals surface area contributed by atoms with Crippen LogP contribution in [0.1, 0.15) is 61.6 Å². The first-order valence-corrected chi connectivity index (χ1v) is 8.91. The van der Waals surface area contributed by atoms with E-state index >= 15 is 0 Å². The number of rotatable bonds is 4. The molecule has 1 aromatic heterocycles. The SMILES string of the molecule is COC[C@@H]1CN(C(=O)c2cnn(C3CCCC3)c2C)CC(C)(C)O1. The van der Waals surface area contributed by atoms with Gasteiger partial charge in [-0.3, -0.25) is 9.48 Å². The maximum Gasteiger partial charge on any atom is 0.257 e. The zero-order valence-electron chi connectivity index (χ0n) is 15.2. The fourth-order valence-electron chi connectivity index (χ4n) is 4.04. The quantitative estimate of drug-likeness (QED) is 0.848. The molecule has 1 aliphatic heterocycles. The molecule has 134 valence electrons. The third-order valence-corrected chi connectivity index (χ3v) is 5.07. The maximum atomic E-state index is 13.1. The Bertz CT molecular complexity index is 590. The molecule has 6 nitrogen and oxygen atoms in total. The molecule has 2 aliphatic rings. The van der Waals surface area contributed by atoms with Gasteiger partial charge in [-0.15, -0.1) is 0 Å². The van der Waals surface area contributed by atoms with Gasteiger partial charge in [-0.2, -0.15) is 5.10 Å². The number of aromatic nitrogens is 2. The topological polar surface area (TPSA) is 56.6 Å². The van der Waals surface area contributed by atoms with Gasteiger partial charge in [-0.25, -0.2) is 0 Å². The summed E-state index contributed by atoms with van der Waals surface area (Å²) in [6.07, 6.45) is 6.48. The number of nitrogens with zero attached hydrogens (tertiary/aromatic N) is 3. The van der Waals surface area contributed by atoms with E-state index in [9.17, 15) is 4.79 Å². The Balaban J connectivity index is 1.78. The zero-order valence-corrected chi connectivity index (χ0v) is 15.2. The molecule has 1 amide bonds. The molecule has 2 fully saturated rings. The standard InChI is InChI=1S/C18H29N3O3/c1-13-16(9-19-21(13)14-7-5-6-8-14)17(22)20-10-15(11-23-4)24-18(2,3)12-20/h9,14-15H,5-8,10-12H2,1-4H3/t15-/m0/s1. The monoisotopic (exact) mass is 335 g/mol. The Kier molecular flexibility index (Phi) is 4.97. The molecule has 0 aromatic carbocycles. The highest BCUT2D eigenvalue weighted by molar-refractivity contribution is 5.95. The Morgan fingerprint density at radius 3 is 2.79 bits per heavy atom. The summed E-state index contributed by atoms with van der Waals surface area (Å²) < 4.78 is 13.3. The molecule has 1 aromatic rings. The Morgan fingerprint density at radius 1 is 1.42 bits per heavy atom. The number of ether oxygens (including phenoxy) is 2. The fourth-order valence-corrected chi connectivity index (χ4v) is 4.04. The molecule has 0 bridgehead atoms. The molecule has 2 heterocycles. The second-order valence-electron chi connectivity index (χ2n) is 7.67. The van der Waals surface area contributed by atoms with Crippen molar-refractivity contribution in [3.8, 4) is 0 Å². The van der Waals surface area contributed by atoms with E-state index < -0.39 is 0 Å².